The van der Waals surface area contributed by atoms with Crippen molar-refractivity contribution in [2.24, 2.45) is 5.92 Å². The van der Waals surface area contributed by atoms with E-state index in [0.717, 1.165) is 30.1 Å². The normalized spacial score (nSPS) is 18.0. The Bertz CT molecular complexity index is 646. The fraction of sp³-hybridized carbons (Fsp3) is 0.333. The van der Waals surface area contributed by atoms with Crippen LogP contribution >= 0.6 is 0 Å². The second kappa shape index (κ2) is 6.60. The van der Waals surface area contributed by atoms with Gasteiger partial charge < -0.3 is 9.88 Å². The Morgan fingerprint density at radius 3 is 2.64 bits per heavy atom. The second-order valence-electron chi connectivity index (χ2n) is 5.99. The molecule has 4 nitrogen and oxygen atoms in total. The van der Waals surface area contributed by atoms with E-state index in [2.05, 4.69) is 17.2 Å². The standard InChI is InChI=1S/C18H21N3O/c1-14-2-4-15(5-3-14)12-18(22)20-16-6-8-17(9-7-16)21-11-10-19-13-21/h6-14H,2-5H2,1H3,(H,20,22). The Hall–Kier alpha value is -2.36. The second-order valence-corrected chi connectivity index (χ2v) is 5.99. The molecule has 0 unspecified atom stereocenters. The number of hydrogen-bond donors (Lipinski definition) is 1. The zero-order valence-corrected chi connectivity index (χ0v) is 12.8. The Kier molecular flexibility index (Phi) is 4.37. The van der Waals surface area contributed by atoms with Crippen LogP contribution in [-0.2, 0) is 4.79 Å². The highest BCUT2D eigenvalue weighted by atomic mass is 16.1. The van der Waals surface area contributed by atoms with E-state index in [4.69, 9.17) is 0 Å². The first kappa shape index (κ1) is 14.6. The average molecular weight is 295 g/mol. The molecule has 1 aliphatic carbocycles. The van der Waals surface area contributed by atoms with Gasteiger partial charge in [0, 0.05) is 29.8 Å². The lowest BCUT2D eigenvalue weighted by Gasteiger charge is -2.19. The predicted molar refractivity (Wildman–Crippen MR) is 87.9 cm³/mol. The van der Waals surface area contributed by atoms with Crippen molar-refractivity contribution < 1.29 is 4.79 Å². The van der Waals surface area contributed by atoms with Gasteiger partial charge in [-0.3, -0.25) is 4.79 Å². The fourth-order valence-electron chi connectivity index (χ4n) is 2.77. The first-order valence-corrected chi connectivity index (χ1v) is 7.79. The molecule has 1 heterocycles. The van der Waals surface area contributed by atoms with Gasteiger partial charge in [-0.05, 0) is 55.9 Å². The van der Waals surface area contributed by atoms with Crippen molar-refractivity contribution in [1.82, 2.24) is 9.55 Å². The smallest absolute Gasteiger partial charge is 0.248 e. The van der Waals surface area contributed by atoms with Crippen LogP contribution in [0.2, 0.25) is 0 Å². The summed E-state index contributed by atoms with van der Waals surface area (Å²) in [7, 11) is 0. The molecule has 1 amide bonds. The SMILES string of the molecule is CC1CCC(=CC(=O)Nc2ccc(-n3ccnc3)cc2)CC1. The molecule has 114 valence electrons. The van der Waals surface area contributed by atoms with E-state index >= 15 is 0 Å². The van der Waals surface area contributed by atoms with Crippen LogP contribution in [0.15, 0.2) is 54.6 Å². The number of hydrogen-bond acceptors (Lipinski definition) is 2. The molecule has 1 N–H and O–H groups in total. The molecular weight excluding hydrogens is 274 g/mol. The summed E-state index contributed by atoms with van der Waals surface area (Å²) in [5, 5.41) is 2.93. The molecule has 0 aliphatic heterocycles. The van der Waals surface area contributed by atoms with Gasteiger partial charge in [0.1, 0.15) is 0 Å². The number of rotatable bonds is 3. The lowest BCUT2D eigenvalue weighted by molar-refractivity contribution is -0.112. The first-order valence-electron chi connectivity index (χ1n) is 7.79. The molecule has 1 aliphatic rings. The third kappa shape index (κ3) is 3.64. The van der Waals surface area contributed by atoms with Gasteiger partial charge in [0.15, 0.2) is 0 Å². The van der Waals surface area contributed by atoms with Gasteiger partial charge in [0.25, 0.3) is 0 Å². The van der Waals surface area contributed by atoms with E-state index < -0.39 is 0 Å². The molecule has 22 heavy (non-hydrogen) atoms. The van der Waals surface area contributed by atoms with Crippen molar-refractivity contribution in [2.45, 2.75) is 32.6 Å². The number of carbonyl (C=O) groups excluding carboxylic acids is 1. The summed E-state index contributed by atoms with van der Waals surface area (Å²) in [5.74, 6) is 0.760. The van der Waals surface area contributed by atoms with Gasteiger partial charge in [-0.2, -0.15) is 0 Å². The maximum atomic E-state index is 12.1. The summed E-state index contributed by atoms with van der Waals surface area (Å²) in [5.41, 5.74) is 3.11. The van der Waals surface area contributed by atoms with Gasteiger partial charge >= 0.3 is 0 Å². The molecule has 0 bridgehead atoms. The van der Waals surface area contributed by atoms with E-state index in [9.17, 15) is 4.79 Å². The summed E-state index contributed by atoms with van der Waals surface area (Å²) < 4.78 is 1.93. The summed E-state index contributed by atoms with van der Waals surface area (Å²) in [6, 6.07) is 7.75. The number of amides is 1. The topological polar surface area (TPSA) is 46.9 Å². The molecule has 0 saturated heterocycles. The molecule has 1 saturated carbocycles. The fourth-order valence-corrected chi connectivity index (χ4v) is 2.77. The Morgan fingerprint density at radius 1 is 1.27 bits per heavy atom. The molecule has 1 aromatic carbocycles. The van der Waals surface area contributed by atoms with Gasteiger partial charge in [-0.15, -0.1) is 0 Å². The zero-order chi connectivity index (χ0) is 15.4. The molecule has 2 aromatic rings. The van der Waals surface area contributed by atoms with E-state index in [-0.39, 0.29) is 5.91 Å². The van der Waals surface area contributed by atoms with Crippen molar-refractivity contribution in [3.63, 3.8) is 0 Å². The predicted octanol–water partition coefficient (Wildman–Crippen LogP) is 3.95. The number of anilines is 1. The van der Waals surface area contributed by atoms with Crippen LogP contribution in [0.4, 0.5) is 5.69 Å². The monoisotopic (exact) mass is 295 g/mol. The number of imidazole rings is 1. The average Bonchev–Trinajstić information content (AvgIpc) is 3.05. The summed E-state index contributed by atoms with van der Waals surface area (Å²) in [4.78, 5) is 16.1. The highest BCUT2D eigenvalue weighted by molar-refractivity contribution is 5.99. The van der Waals surface area contributed by atoms with Gasteiger partial charge in [-0.25, -0.2) is 4.98 Å². The van der Waals surface area contributed by atoms with Crippen LogP contribution in [0.1, 0.15) is 32.6 Å². The van der Waals surface area contributed by atoms with E-state index in [1.807, 2.05) is 35.0 Å². The van der Waals surface area contributed by atoms with Gasteiger partial charge in [-0.1, -0.05) is 12.5 Å². The van der Waals surface area contributed by atoms with E-state index in [1.54, 1.807) is 18.6 Å². The summed E-state index contributed by atoms with van der Waals surface area (Å²) in [6.45, 7) is 2.28. The highest BCUT2D eigenvalue weighted by Crippen LogP contribution is 2.27. The lowest BCUT2D eigenvalue weighted by Crippen LogP contribution is -2.11. The molecule has 1 aromatic heterocycles. The number of carbonyl (C=O) groups is 1. The number of nitrogens with one attached hydrogen (secondary N) is 1. The van der Waals surface area contributed by atoms with E-state index in [0.29, 0.717) is 0 Å². The van der Waals surface area contributed by atoms with Crippen molar-refractivity contribution in [1.29, 1.82) is 0 Å². The van der Waals surface area contributed by atoms with Gasteiger partial charge in [0.05, 0.1) is 6.33 Å². The lowest BCUT2D eigenvalue weighted by atomic mass is 9.87. The molecule has 1 fully saturated rings. The van der Waals surface area contributed by atoms with Crippen molar-refractivity contribution in [2.75, 3.05) is 5.32 Å². The zero-order valence-electron chi connectivity index (χ0n) is 12.8. The molecule has 0 radical (unpaired) electrons. The Balaban J connectivity index is 1.61. The molecule has 4 heteroatoms. The van der Waals surface area contributed by atoms with E-state index in [1.165, 1.54) is 18.4 Å². The van der Waals surface area contributed by atoms with Crippen LogP contribution in [0.3, 0.4) is 0 Å². The Morgan fingerprint density at radius 2 is 2.00 bits per heavy atom. The maximum absolute atomic E-state index is 12.1. The van der Waals surface area contributed by atoms with Crippen LogP contribution in [0.25, 0.3) is 5.69 Å². The van der Waals surface area contributed by atoms with Crippen LogP contribution in [0, 0.1) is 5.92 Å². The number of allylic oxidation sites excluding steroid dienone is 1. The maximum Gasteiger partial charge on any atom is 0.248 e. The number of aromatic nitrogens is 2. The molecule has 0 spiro atoms. The minimum Gasteiger partial charge on any atom is -0.323 e. The van der Waals surface area contributed by atoms with Crippen molar-refractivity contribution in [3.8, 4) is 5.69 Å². The molecular formula is C18H21N3O. The van der Waals surface area contributed by atoms with Crippen molar-refractivity contribution in [3.05, 3.63) is 54.6 Å². The van der Waals surface area contributed by atoms with Crippen LogP contribution in [-0.4, -0.2) is 15.5 Å². The molecule has 3 rings (SSSR count). The third-order valence-electron chi connectivity index (χ3n) is 4.19. The number of nitrogens with zero attached hydrogens (tertiary/aromatic N) is 2. The number of benzene rings is 1. The Labute approximate surface area is 130 Å². The third-order valence-corrected chi connectivity index (χ3v) is 4.19. The minimum absolute atomic E-state index is 0.0278. The largest absolute Gasteiger partial charge is 0.323 e. The first-order chi connectivity index (χ1) is 10.7. The quantitative estimate of drug-likeness (QED) is 0.872. The van der Waals surface area contributed by atoms with Gasteiger partial charge in [0.2, 0.25) is 5.91 Å². The summed E-state index contributed by atoms with van der Waals surface area (Å²) in [6.07, 6.45) is 11.6. The molecule has 0 atom stereocenters. The van der Waals surface area contributed by atoms with Crippen LogP contribution < -0.4 is 5.32 Å². The van der Waals surface area contributed by atoms with Crippen molar-refractivity contribution >= 4 is 11.6 Å². The highest BCUT2D eigenvalue weighted by Gasteiger charge is 2.13. The van der Waals surface area contributed by atoms with Crippen LogP contribution in [0.5, 0.6) is 0 Å². The minimum atomic E-state index is -0.0278. The summed E-state index contributed by atoms with van der Waals surface area (Å²) >= 11 is 0.